The smallest absolute Gasteiger partial charge is 0.346 e. The maximum absolute atomic E-state index is 12.9. The van der Waals surface area contributed by atoms with Gasteiger partial charge in [-0.15, -0.1) is 0 Å². The first kappa shape index (κ1) is 22.5. The van der Waals surface area contributed by atoms with Crippen molar-refractivity contribution in [1.29, 1.82) is 0 Å². The standard InChI is InChI=1S/C23H23N3O6/c1-13(22(28)31-4)32-23(29)18-12-25-19-10-5-14(21(27)24-2)11-17(19)20(18)26-15-6-8-16(30-3)9-7-15/h5-13H,1-4H3,(H,24,27)(H,25,26). The van der Waals surface area contributed by atoms with Crippen molar-refractivity contribution in [1.82, 2.24) is 10.3 Å². The maximum Gasteiger partial charge on any atom is 0.346 e. The Labute approximate surface area is 184 Å². The lowest BCUT2D eigenvalue weighted by atomic mass is 10.1. The zero-order chi connectivity index (χ0) is 23.3. The van der Waals surface area contributed by atoms with Crippen LogP contribution in [-0.4, -0.2) is 50.2 Å². The molecule has 1 amide bonds. The molecule has 2 N–H and O–H groups in total. The van der Waals surface area contributed by atoms with Crippen LogP contribution in [0.5, 0.6) is 5.75 Å². The minimum Gasteiger partial charge on any atom is -0.497 e. The molecule has 9 heteroatoms. The van der Waals surface area contributed by atoms with Crippen LogP contribution in [0.1, 0.15) is 27.6 Å². The molecule has 3 aromatic rings. The van der Waals surface area contributed by atoms with E-state index in [1.807, 2.05) is 0 Å². The van der Waals surface area contributed by atoms with Gasteiger partial charge in [-0.1, -0.05) is 0 Å². The van der Waals surface area contributed by atoms with E-state index in [0.29, 0.717) is 33.6 Å². The average molecular weight is 437 g/mol. The molecule has 0 aliphatic carbocycles. The highest BCUT2D eigenvalue weighted by Gasteiger charge is 2.23. The fourth-order valence-electron chi connectivity index (χ4n) is 3.02. The number of carbonyl (C=O) groups excluding carboxylic acids is 3. The van der Waals surface area contributed by atoms with E-state index >= 15 is 0 Å². The van der Waals surface area contributed by atoms with E-state index in [-0.39, 0.29) is 11.5 Å². The summed E-state index contributed by atoms with van der Waals surface area (Å²) in [4.78, 5) is 41.1. The molecule has 0 saturated heterocycles. The molecule has 2 aromatic carbocycles. The zero-order valence-electron chi connectivity index (χ0n) is 18.1. The fourth-order valence-corrected chi connectivity index (χ4v) is 3.02. The van der Waals surface area contributed by atoms with Crippen LogP contribution in [0.25, 0.3) is 10.9 Å². The minimum atomic E-state index is -1.10. The molecule has 9 nitrogen and oxygen atoms in total. The Balaban J connectivity index is 2.11. The Hall–Kier alpha value is -4.14. The van der Waals surface area contributed by atoms with E-state index in [1.165, 1.54) is 27.3 Å². The summed E-state index contributed by atoms with van der Waals surface area (Å²) in [5.41, 5.74) is 2.10. The van der Waals surface area contributed by atoms with Crippen molar-refractivity contribution >= 4 is 40.1 Å². The number of esters is 2. The molecule has 166 valence electrons. The highest BCUT2D eigenvalue weighted by Crippen LogP contribution is 2.31. The Bertz CT molecular complexity index is 1160. The van der Waals surface area contributed by atoms with Crippen LogP contribution in [0.3, 0.4) is 0 Å². The summed E-state index contributed by atoms with van der Waals surface area (Å²) in [5.74, 6) is -1.06. The van der Waals surface area contributed by atoms with E-state index in [4.69, 9.17) is 9.47 Å². The third kappa shape index (κ3) is 4.77. The van der Waals surface area contributed by atoms with Gasteiger partial charge in [0.05, 0.1) is 25.4 Å². The monoisotopic (exact) mass is 437 g/mol. The van der Waals surface area contributed by atoms with Crippen LogP contribution >= 0.6 is 0 Å². The summed E-state index contributed by atoms with van der Waals surface area (Å²) in [5, 5.41) is 6.31. The van der Waals surface area contributed by atoms with E-state index < -0.39 is 18.0 Å². The number of nitrogens with one attached hydrogen (secondary N) is 2. The molecule has 0 fully saturated rings. The van der Waals surface area contributed by atoms with Gasteiger partial charge in [0.2, 0.25) is 0 Å². The molecule has 1 aromatic heterocycles. The number of carbonyl (C=O) groups is 3. The lowest BCUT2D eigenvalue weighted by Gasteiger charge is -2.17. The first-order valence-corrected chi connectivity index (χ1v) is 9.72. The highest BCUT2D eigenvalue weighted by molar-refractivity contribution is 6.08. The third-order valence-corrected chi connectivity index (χ3v) is 4.75. The summed E-state index contributed by atoms with van der Waals surface area (Å²) >= 11 is 0. The van der Waals surface area contributed by atoms with Gasteiger partial charge >= 0.3 is 11.9 Å². The zero-order valence-corrected chi connectivity index (χ0v) is 18.1. The quantitative estimate of drug-likeness (QED) is 0.542. The van der Waals surface area contributed by atoms with Crippen LogP contribution < -0.4 is 15.4 Å². The van der Waals surface area contributed by atoms with Gasteiger partial charge in [0.15, 0.2) is 6.10 Å². The molecular formula is C23H23N3O6. The number of anilines is 2. The Morgan fingerprint density at radius 1 is 1.03 bits per heavy atom. The van der Waals surface area contributed by atoms with Crippen molar-refractivity contribution in [3.63, 3.8) is 0 Å². The summed E-state index contributed by atoms with van der Waals surface area (Å²) in [6.07, 6.45) is 0.259. The SMILES string of the molecule is CNC(=O)c1ccc2ncc(C(=O)OC(C)C(=O)OC)c(Nc3ccc(OC)cc3)c2c1. The highest BCUT2D eigenvalue weighted by atomic mass is 16.6. The molecule has 1 unspecified atom stereocenters. The molecule has 0 radical (unpaired) electrons. The Kier molecular flexibility index (Phi) is 6.89. The van der Waals surface area contributed by atoms with Crippen LogP contribution in [0.15, 0.2) is 48.7 Å². The van der Waals surface area contributed by atoms with Gasteiger partial charge in [-0.2, -0.15) is 0 Å². The topological polar surface area (TPSA) is 116 Å². The second-order valence-electron chi connectivity index (χ2n) is 6.78. The van der Waals surface area contributed by atoms with Gasteiger partial charge in [0.25, 0.3) is 5.91 Å². The summed E-state index contributed by atoms with van der Waals surface area (Å²) in [7, 11) is 4.31. The van der Waals surface area contributed by atoms with Crippen LogP contribution in [-0.2, 0) is 14.3 Å². The molecule has 0 aliphatic heterocycles. The molecular weight excluding hydrogens is 414 g/mol. The average Bonchev–Trinajstić information content (AvgIpc) is 2.83. The van der Waals surface area contributed by atoms with Crippen molar-refractivity contribution in [2.75, 3.05) is 26.6 Å². The Morgan fingerprint density at radius 3 is 2.38 bits per heavy atom. The Morgan fingerprint density at radius 2 is 1.75 bits per heavy atom. The number of pyridine rings is 1. The second-order valence-corrected chi connectivity index (χ2v) is 6.78. The van der Waals surface area contributed by atoms with Crippen molar-refractivity contribution in [3.8, 4) is 5.75 Å². The molecule has 1 atom stereocenters. The summed E-state index contributed by atoms with van der Waals surface area (Å²) in [6, 6.07) is 12.0. The van der Waals surface area contributed by atoms with Gasteiger partial charge < -0.3 is 24.8 Å². The molecule has 3 rings (SSSR count). The molecule has 0 aliphatic rings. The number of aromatic nitrogens is 1. The number of rotatable bonds is 7. The molecule has 0 saturated carbocycles. The molecule has 1 heterocycles. The molecule has 0 bridgehead atoms. The van der Waals surface area contributed by atoms with Gasteiger partial charge in [-0.25, -0.2) is 9.59 Å². The predicted octanol–water partition coefficient (Wildman–Crippen LogP) is 3.06. The third-order valence-electron chi connectivity index (χ3n) is 4.75. The van der Waals surface area contributed by atoms with E-state index in [0.717, 1.165) is 0 Å². The first-order chi connectivity index (χ1) is 15.4. The summed E-state index contributed by atoms with van der Waals surface area (Å²) in [6.45, 7) is 1.42. The van der Waals surface area contributed by atoms with Crippen LogP contribution in [0, 0.1) is 0 Å². The van der Waals surface area contributed by atoms with Gasteiger partial charge in [0, 0.05) is 29.9 Å². The lowest BCUT2D eigenvalue weighted by molar-refractivity contribution is -0.149. The number of ether oxygens (including phenoxy) is 3. The number of methoxy groups -OCH3 is 2. The molecule has 32 heavy (non-hydrogen) atoms. The number of hydrogen-bond donors (Lipinski definition) is 2. The normalized spacial score (nSPS) is 11.4. The van der Waals surface area contributed by atoms with E-state index in [2.05, 4.69) is 20.4 Å². The number of nitrogens with zero attached hydrogens (tertiary/aromatic N) is 1. The number of hydrogen-bond acceptors (Lipinski definition) is 8. The van der Waals surface area contributed by atoms with Gasteiger partial charge in [0.1, 0.15) is 11.3 Å². The second kappa shape index (κ2) is 9.78. The van der Waals surface area contributed by atoms with Crippen molar-refractivity contribution in [3.05, 3.63) is 59.8 Å². The fraction of sp³-hybridized carbons (Fsp3) is 0.217. The largest absolute Gasteiger partial charge is 0.497 e. The van der Waals surface area contributed by atoms with Gasteiger partial charge in [-0.05, 0) is 49.4 Å². The number of benzene rings is 2. The minimum absolute atomic E-state index is 0.0955. The van der Waals surface area contributed by atoms with E-state index in [9.17, 15) is 14.4 Å². The van der Waals surface area contributed by atoms with Crippen molar-refractivity contribution < 1.29 is 28.6 Å². The predicted molar refractivity (Wildman–Crippen MR) is 118 cm³/mol. The van der Waals surface area contributed by atoms with Crippen molar-refractivity contribution in [2.24, 2.45) is 0 Å². The van der Waals surface area contributed by atoms with Crippen molar-refractivity contribution in [2.45, 2.75) is 13.0 Å². The molecule has 0 spiro atoms. The van der Waals surface area contributed by atoms with Crippen LogP contribution in [0.4, 0.5) is 11.4 Å². The number of fused-ring (bicyclic) bond motifs is 1. The van der Waals surface area contributed by atoms with Crippen LogP contribution in [0.2, 0.25) is 0 Å². The first-order valence-electron chi connectivity index (χ1n) is 9.72. The van der Waals surface area contributed by atoms with Gasteiger partial charge in [-0.3, -0.25) is 9.78 Å². The lowest BCUT2D eigenvalue weighted by Crippen LogP contribution is -2.25. The summed E-state index contributed by atoms with van der Waals surface area (Å²) < 4.78 is 15.1. The maximum atomic E-state index is 12.9. The van der Waals surface area contributed by atoms with E-state index in [1.54, 1.807) is 49.6 Å². The number of amides is 1.